The molecule has 3 rings (SSSR count). The Bertz CT molecular complexity index is 1230. The minimum Gasteiger partial charge on any atom is -0.497 e. The van der Waals surface area contributed by atoms with E-state index in [0.29, 0.717) is 19.6 Å². The van der Waals surface area contributed by atoms with E-state index in [-0.39, 0.29) is 43.2 Å². The molecule has 0 radical (unpaired) electrons. The number of aliphatic hydroxyl groups is 1. The minimum atomic E-state index is -2.74. The van der Waals surface area contributed by atoms with Gasteiger partial charge in [-0.1, -0.05) is 107 Å². The van der Waals surface area contributed by atoms with Crippen LogP contribution in [0, 0.1) is 5.41 Å². The normalized spacial score (nSPS) is 13.8. The molecule has 1 N–H and O–H groups in total. The summed E-state index contributed by atoms with van der Waals surface area (Å²) in [5.41, 5.74) is 0.543. The molecule has 2 atom stereocenters. The summed E-state index contributed by atoms with van der Waals surface area (Å²) < 4.78 is 29.2. The zero-order valence-electron chi connectivity index (χ0n) is 28.1. The Kier molecular flexibility index (Phi) is 14.0. The molecule has 0 saturated heterocycles. The number of Topliss-reactive ketones (excluding diaryl/α,β-unsaturated/α-hetero) is 1. The molecule has 45 heavy (non-hydrogen) atoms. The molecule has 0 unspecified atom stereocenters. The Hall–Kier alpha value is -2.85. The van der Waals surface area contributed by atoms with Crippen molar-refractivity contribution in [1.82, 2.24) is 0 Å². The van der Waals surface area contributed by atoms with Crippen molar-refractivity contribution < 1.29 is 33.3 Å². The van der Waals surface area contributed by atoms with E-state index in [2.05, 4.69) is 45.0 Å². The third-order valence-corrected chi connectivity index (χ3v) is 13.3. The van der Waals surface area contributed by atoms with Crippen LogP contribution in [0.1, 0.15) is 59.4 Å². The smallest absolute Gasteiger partial charge is 0.261 e. The SMILES string of the molecule is COCOCC(C)(C)[C@H](C[C@H](O)CC(=O)CCO[Si](c1ccccc1)(c1ccccc1)C(C)(C)C)OCc1ccc(OC)cc1. The van der Waals surface area contributed by atoms with Gasteiger partial charge in [0.25, 0.3) is 8.32 Å². The zero-order chi connectivity index (χ0) is 32.9. The summed E-state index contributed by atoms with van der Waals surface area (Å²) >= 11 is 0. The predicted molar refractivity (Wildman–Crippen MR) is 182 cm³/mol. The van der Waals surface area contributed by atoms with Crippen molar-refractivity contribution in [1.29, 1.82) is 0 Å². The first-order chi connectivity index (χ1) is 21.4. The summed E-state index contributed by atoms with van der Waals surface area (Å²) in [6.45, 7) is 11.9. The second kappa shape index (κ2) is 17.2. The highest BCUT2D eigenvalue weighted by molar-refractivity contribution is 6.99. The second-order valence-electron chi connectivity index (χ2n) is 13.3. The molecule has 0 aliphatic heterocycles. The lowest BCUT2D eigenvalue weighted by molar-refractivity contribution is -0.127. The Morgan fingerprint density at radius 2 is 1.42 bits per heavy atom. The van der Waals surface area contributed by atoms with E-state index in [9.17, 15) is 9.90 Å². The molecule has 0 aromatic heterocycles. The number of carbonyl (C=O) groups is 1. The maximum absolute atomic E-state index is 13.2. The first-order valence-corrected chi connectivity index (χ1v) is 17.6. The molecule has 8 heteroatoms. The molecule has 0 fully saturated rings. The molecule has 0 heterocycles. The van der Waals surface area contributed by atoms with E-state index in [4.69, 9.17) is 23.4 Å². The number of benzene rings is 3. The van der Waals surface area contributed by atoms with Gasteiger partial charge in [-0.25, -0.2) is 0 Å². The number of ketones is 1. The van der Waals surface area contributed by atoms with Gasteiger partial charge in [0.1, 0.15) is 18.3 Å². The first kappa shape index (κ1) is 36.6. The summed E-state index contributed by atoms with van der Waals surface area (Å²) in [5, 5.41) is 13.3. The number of ether oxygens (including phenoxy) is 4. The Morgan fingerprint density at radius 3 is 1.93 bits per heavy atom. The van der Waals surface area contributed by atoms with Crippen LogP contribution in [0.5, 0.6) is 5.75 Å². The van der Waals surface area contributed by atoms with Gasteiger partial charge in [0, 0.05) is 38.4 Å². The van der Waals surface area contributed by atoms with E-state index in [0.717, 1.165) is 11.3 Å². The molecule has 0 spiro atoms. The lowest BCUT2D eigenvalue weighted by atomic mass is 9.83. The fraction of sp³-hybridized carbons (Fsp3) is 0.486. The van der Waals surface area contributed by atoms with Gasteiger partial charge in [0.05, 0.1) is 32.5 Å². The van der Waals surface area contributed by atoms with Crippen LogP contribution in [-0.4, -0.2) is 65.6 Å². The van der Waals surface area contributed by atoms with Crippen LogP contribution in [0.15, 0.2) is 84.9 Å². The number of rotatable bonds is 19. The lowest BCUT2D eigenvalue weighted by Gasteiger charge is -2.43. The molecule has 0 aliphatic carbocycles. The summed E-state index contributed by atoms with van der Waals surface area (Å²) in [5.74, 6) is 0.735. The Balaban J connectivity index is 1.68. The zero-order valence-corrected chi connectivity index (χ0v) is 29.1. The lowest BCUT2D eigenvalue weighted by Crippen LogP contribution is -2.66. The highest BCUT2D eigenvalue weighted by Crippen LogP contribution is 2.37. The number of carbonyl (C=O) groups excluding carboxylic acids is 1. The van der Waals surface area contributed by atoms with Crippen molar-refractivity contribution in [2.75, 3.05) is 34.2 Å². The van der Waals surface area contributed by atoms with Crippen molar-refractivity contribution in [3.63, 3.8) is 0 Å². The van der Waals surface area contributed by atoms with E-state index in [1.54, 1.807) is 14.2 Å². The van der Waals surface area contributed by atoms with Crippen LogP contribution < -0.4 is 15.1 Å². The summed E-state index contributed by atoms with van der Waals surface area (Å²) in [7, 11) is 0.475. The third-order valence-electron chi connectivity index (χ3n) is 8.22. The number of hydrogen-bond donors (Lipinski definition) is 1. The van der Waals surface area contributed by atoms with Crippen LogP contribution >= 0.6 is 0 Å². The Morgan fingerprint density at radius 1 is 0.844 bits per heavy atom. The minimum absolute atomic E-state index is 0.0293. The first-order valence-electron chi connectivity index (χ1n) is 15.7. The quantitative estimate of drug-likeness (QED) is 0.0996. The number of methoxy groups -OCH3 is 2. The van der Waals surface area contributed by atoms with Crippen molar-refractivity contribution in [3.8, 4) is 5.75 Å². The van der Waals surface area contributed by atoms with Crippen molar-refractivity contribution >= 4 is 24.5 Å². The molecule has 7 nitrogen and oxygen atoms in total. The average molecular weight is 637 g/mol. The fourth-order valence-corrected chi connectivity index (χ4v) is 10.4. The van der Waals surface area contributed by atoms with Crippen molar-refractivity contribution in [2.45, 2.75) is 77.7 Å². The van der Waals surface area contributed by atoms with Crippen LogP contribution in [-0.2, 0) is 30.0 Å². The largest absolute Gasteiger partial charge is 0.497 e. The van der Waals surface area contributed by atoms with Crippen molar-refractivity contribution in [3.05, 3.63) is 90.5 Å². The summed E-state index contributed by atoms with van der Waals surface area (Å²) in [6.07, 6.45) is -0.692. The van der Waals surface area contributed by atoms with Gasteiger partial charge >= 0.3 is 0 Å². The maximum atomic E-state index is 13.2. The molecule has 0 saturated carbocycles. The van der Waals surface area contributed by atoms with Crippen LogP contribution in [0.25, 0.3) is 0 Å². The molecule has 246 valence electrons. The second-order valence-corrected chi connectivity index (χ2v) is 17.6. The topological polar surface area (TPSA) is 83.5 Å². The third kappa shape index (κ3) is 10.3. The number of aliphatic hydroxyl groups excluding tert-OH is 1. The van der Waals surface area contributed by atoms with Gasteiger partial charge in [0.15, 0.2) is 0 Å². The van der Waals surface area contributed by atoms with Crippen LogP contribution in [0.2, 0.25) is 5.04 Å². The average Bonchev–Trinajstić information content (AvgIpc) is 3.02. The van der Waals surface area contributed by atoms with E-state index >= 15 is 0 Å². The summed E-state index contributed by atoms with van der Waals surface area (Å²) in [4.78, 5) is 13.2. The van der Waals surface area contributed by atoms with Crippen molar-refractivity contribution in [2.24, 2.45) is 5.41 Å². The van der Waals surface area contributed by atoms with E-state index in [1.165, 1.54) is 10.4 Å². The number of hydrogen-bond acceptors (Lipinski definition) is 7. The van der Waals surface area contributed by atoms with Gasteiger partial charge in [-0.15, -0.1) is 0 Å². The molecular formula is C37H52O7Si. The Labute approximate surface area is 271 Å². The molecule has 3 aromatic carbocycles. The van der Waals surface area contributed by atoms with Gasteiger partial charge in [0.2, 0.25) is 0 Å². The highest BCUT2D eigenvalue weighted by Gasteiger charge is 2.50. The fourth-order valence-electron chi connectivity index (χ4n) is 5.79. The standard InChI is InChI=1S/C37H52O7Si/c1-36(2,3)45(33-14-10-8-11-15-33,34-16-12-9-13-17-34)44-23-22-30(38)24-31(39)25-35(37(4,5)27-42-28-40-6)43-26-29-18-20-32(41-7)21-19-29/h8-21,31,35,39H,22-28H2,1-7H3/t31-,35+/m1/s1. The molecule has 3 aromatic rings. The van der Waals surface area contributed by atoms with Gasteiger partial charge in [-0.05, 0) is 33.1 Å². The monoisotopic (exact) mass is 636 g/mol. The van der Waals surface area contributed by atoms with Crippen LogP contribution in [0.4, 0.5) is 0 Å². The van der Waals surface area contributed by atoms with Gasteiger partial charge in [-0.3, -0.25) is 4.79 Å². The molecule has 0 bridgehead atoms. The van der Waals surface area contributed by atoms with Gasteiger partial charge < -0.3 is 28.5 Å². The van der Waals surface area contributed by atoms with Crippen LogP contribution in [0.3, 0.4) is 0 Å². The highest BCUT2D eigenvalue weighted by atomic mass is 28.4. The van der Waals surface area contributed by atoms with Gasteiger partial charge in [-0.2, -0.15) is 0 Å². The molecule has 0 aliphatic rings. The predicted octanol–water partition coefficient (Wildman–Crippen LogP) is 5.90. The molecule has 0 amide bonds. The van der Waals surface area contributed by atoms with E-state index < -0.39 is 19.8 Å². The summed E-state index contributed by atoms with van der Waals surface area (Å²) in [6, 6.07) is 28.5. The maximum Gasteiger partial charge on any atom is 0.261 e. The molecular weight excluding hydrogens is 584 g/mol. The van der Waals surface area contributed by atoms with E-state index in [1.807, 2.05) is 74.5 Å².